The van der Waals surface area contributed by atoms with Crippen molar-refractivity contribution in [3.8, 4) is 0 Å². The van der Waals surface area contributed by atoms with Crippen LogP contribution in [0, 0.1) is 0 Å². The summed E-state index contributed by atoms with van der Waals surface area (Å²) in [6.07, 6.45) is 48.6. The SMILES string of the molecule is CCCCC/C=C\CCCCCCCC(=O)OC(COCCCCCCCCC/C=C\C/C=C\C/C=C\CCCCCCC)COP(=O)(O)OCC[N+](C)(C)C. The number of nitrogens with zero attached hydrogens (tertiary/aromatic N) is 1. The van der Waals surface area contributed by atoms with E-state index in [1.54, 1.807) is 0 Å². The van der Waals surface area contributed by atoms with Crippen molar-refractivity contribution in [1.82, 2.24) is 0 Å². The highest BCUT2D eigenvalue weighted by Crippen LogP contribution is 2.43. The van der Waals surface area contributed by atoms with Gasteiger partial charge >= 0.3 is 13.8 Å². The maximum atomic E-state index is 12.7. The summed E-state index contributed by atoms with van der Waals surface area (Å²) in [5.41, 5.74) is 0. The van der Waals surface area contributed by atoms with Gasteiger partial charge in [-0.1, -0.05) is 152 Å². The topological polar surface area (TPSA) is 91.3 Å². The molecule has 0 aliphatic carbocycles. The van der Waals surface area contributed by atoms with Crippen LogP contribution >= 0.6 is 7.82 Å². The van der Waals surface area contributed by atoms with Crippen LogP contribution in [0.15, 0.2) is 48.6 Å². The van der Waals surface area contributed by atoms with E-state index < -0.39 is 13.9 Å². The molecule has 0 aromatic heterocycles. The second kappa shape index (κ2) is 40.2. The number of phosphoric ester groups is 1. The summed E-state index contributed by atoms with van der Waals surface area (Å²) in [5.74, 6) is -0.328. The third-order valence-electron chi connectivity index (χ3n) is 9.61. The average molecular weight is 811 g/mol. The summed E-state index contributed by atoms with van der Waals surface area (Å²) in [6, 6.07) is 0. The Balaban J connectivity index is 4.19. The molecule has 0 aromatic carbocycles. The van der Waals surface area contributed by atoms with E-state index in [-0.39, 0.29) is 25.8 Å². The Morgan fingerprint density at radius 2 is 0.982 bits per heavy atom. The molecule has 0 saturated carbocycles. The molecule has 9 heteroatoms. The van der Waals surface area contributed by atoms with E-state index in [9.17, 15) is 14.3 Å². The summed E-state index contributed by atoms with van der Waals surface area (Å²) < 4.78 is 35.0. The van der Waals surface area contributed by atoms with Crippen LogP contribution in [0.3, 0.4) is 0 Å². The lowest BCUT2D eigenvalue weighted by molar-refractivity contribution is -0.870. The maximum absolute atomic E-state index is 12.7. The molecule has 2 atom stereocenters. The Morgan fingerprint density at radius 3 is 1.52 bits per heavy atom. The van der Waals surface area contributed by atoms with Crippen LogP contribution in [0.1, 0.15) is 187 Å². The summed E-state index contributed by atoms with van der Waals surface area (Å²) in [4.78, 5) is 22.9. The van der Waals surface area contributed by atoms with Gasteiger partial charge in [-0.05, 0) is 77.0 Å². The van der Waals surface area contributed by atoms with Gasteiger partial charge in [0.2, 0.25) is 0 Å². The summed E-state index contributed by atoms with van der Waals surface area (Å²) in [5, 5.41) is 0. The smallest absolute Gasteiger partial charge is 0.457 e. The molecule has 0 heterocycles. The van der Waals surface area contributed by atoms with E-state index in [2.05, 4.69) is 62.5 Å². The number of unbranched alkanes of at least 4 members (excludes halogenated alkanes) is 20. The normalized spacial score (nSPS) is 14.2. The van der Waals surface area contributed by atoms with E-state index in [1.807, 2.05) is 21.1 Å². The highest BCUT2D eigenvalue weighted by Gasteiger charge is 2.26. The van der Waals surface area contributed by atoms with E-state index in [4.69, 9.17) is 18.5 Å². The van der Waals surface area contributed by atoms with Gasteiger partial charge in [0.1, 0.15) is 19.3 Å². The molecule has 0 rings (SSSR count). The van der Waals surface area contributed by atoms with Gasteiger partial charge in [0.15, 0.2) is 0 Å². The fourth-order valence-corrected chi connectivity index (χ4v) is 6.77. The number of esters is 1. The molecule has 0 fully saturated rings. The molecule has 0 radical (unpaired) electrons. The third-order valence-corrected chi connectivity index (χ3v) is 10.6. The molecule has 8 nitrogen and oxygen atoms in total. The van der Waals surface area contributed by atoms with Crippen molar-refractivity contribution in [3.05, 3.63) is 48.6 Å². The molecule has 1 N–H and O–H groups in total. The van der Waals surface area contributed by atoms with E-state index in [0.29, 0.717) is 24.1 Å². The van der Waals surface area contributed by atoms with Crippen LogP contribution in [-0.4, -0.2) is 75.6 Å². The van der Waals surface area contributed by atoms with Crippen molar-refractivity contribution >= 4 is 13.8 Å². The highest BCUT2D eigenvalue weighted by molar-refractivity contribution is 7.47. The highest BCUT2D eigenvalue weighted by atomic mass is 31.2. The quantitative estimate of drug-likeness (QED) is 0.0216. The number of rotatable bonds is 42. The predicted molar refractivity (Wildman–Crippen MR) is 238 cm³/mol. The number of carbonyl (C=O) groups is 1. The first-order valence-corrected chi connectivity index (χ1v) is 24.4. The molecular weight excluding hydrogens is 721 g/mol. The van der Waals surface area contributed by atoms with E-state index >= 15 is 0 Å². The number of hydrogen-bond donors (Lipinski definition) is 1. The molecule has 56 heavy (non-hydrogen) atoms. The molecule has 0 spiro atoms. The van der Waals surface area contributed by atoms with Crippen molar-refractivity contribution in [2.24, 2.45) is 0 Å². The van der Waals surface area contributed by atoms with Gasteiger partial charge in [-0.3, -0.25) is 13.8 Å². The van der Waals surface area contributed by atoms with Gasteiger partial charge in [0, 0.05) is 13.0 Å². The fourth-order valence-electron chi connectivity index (χ4n) is 6.02. The monoisotopic (exact) mass is 811 g/mol. The van der Waals surface area contributed by atoms with E-state index in [1.165, 1.54) is 103 Å². The Kier molecular flexibility index (Phi) is 39.1. The molecule has 0 aliphatic rings. The predicted octanol–water partition coefficient (Wildman–Crippen LogP) is 13.6. The van der Waals surface area contributed by atoms with Crippen LogP contribution in [0.25, 0.3) is 0 Å². The summed E-state index contributed by atoms with van der Waals surface area (Å²) in [6.45, 7) is 5.55. The number of allylic oxidation sites excluding steroid dienone is 8. The zero-order valence-electron chi connectivity index (χ0n) is 37.1. The van der Waals surface area contributed by atoms with Gasteiger partial charge < -0.3 is 18.9 Å². The molecule has 2 unspecified atom stereocenters. The summed E-state index contributed by atoms with van der Waals surface area (Å²) in [7, 11) is 1.65. The molecule has 328 valence electrons. The zero-order valence-corrected chi connectivity index (χ0v) is 38.0. The van der Waals surface area contributed by atoms with Gasteiger partial charge in [-0.15, -0.1) is 0 Å². The largest absolute Gasteiger partial charge is 0.472 e. The van der Waals surface area contributed by atoms with Crippen LogP contribution < -0.4 is 0 Å². The minimum atomic E-state index is -4.28. The van der Waals surface area contributed by atoms with Gasteiger partial charge in [-0.2, -0.15) is 0 Å². The molecule has 0 amide bonds. The Hall–Kier alpha value is -1.54. The Morgan fingerprint density at radius 1 is 0.554 bits per heavy atom. The molecular formula is C47H89NO7P+. The maximum Gasteiger partial charge on any atom is 0.472 e. The second-order valence-corrected chi connectivity index (χ2v) is 17.9. The number of likely N-dealkylation sites (N-methyl/N-ethyl adjacent to an activating group) is 1. The van der Waals surface area contributed by atoms with E-state index in [0.717, 1.165) is 64.2 Å². The van der Waals surface area contributed by atoms with Gasteiger partial charge in [-0.25, -0.2) is 4.57 Å². The lowest BCUT2D eigenvalue weighted by Crippen LogP contribution is -2.37. The standard InChI is InChI=1S/C47H88NO7P/c1-6-8-10-12-14-16-18-20-21-22-23-24-25-26-27-28-29-31-33-35-37-39-42-52-44-46(45-54-56(50,51)53-43-41-48(3,4)5)55-47(49)40-38-36-34-32-30-19-17-15-13-11-9-7-2/h15,17-18,20,22-23,25-26,46H,6-14,16,19,21,24,27-45H2,1-5H3/p+1/b17-15-,20-18-,23-22-,26-25-. The van der Waals surface area contributed by atoms with Crippen LogP contribution in [0.2, 0.25) is 0 Å². The average Bonchev–Trinajstić information content (AvgIpc) is 3.15. The Bertz CT molecular complexity index is 1040. The first kappa shape index (κ1) is 54.5. The van der Waals surface area contributed by atoms with Crippen LogP contribution in [0.5, 0.6) is 0 Å². The minimum Gasteiger partial charge on any atom is -0.457 e. The van der Waals surface area contributed by atoms with Crippen molar-refractivity contribution in [2.45, 2.75) is 193 Å². The zero-order chi connectivity index (χ0) is 41.3. The van der Waals surface area contributed by atoms with Crippen LogP contribution in [0.4, 0.5) is 0 Å². The number of phosphoric acid groups is 1. The molecule has 0 aliphatic heterocycles. The number of ether oxygens (including phenoxy) is 2. The lowest BCUT2D eigenvalue weighted by Gasteiger charge is -2.24. The van der Waals surface area contributed by atoms with Crippen molar-refractivity contribution in [2.75, 3.05) is 54.1 Å². The fraction of sp³-hybridized carbons (Fsp3) is 0.809. The van der Waals surface area contributed by atoms with Crippen molar-refractivity contribution in [1.29, 1.82) is 0 Å². The molecule has 0 bridgehead atoms. The van der Waals surface area contributed by atoms with Gasteiger partial charge in [0.25, 0.3) is 0 Å². The second-order valence-electron chi connectivity index (χ2n) is 16.4. The minimum absolute atomic E-state index is 0.0835. The Labute approximate surface area is 346 Å². The molecule has 0 saturated heterocycles. The first-order chi connectivity index (χ1) is 27.1. The summed E-state index contributed by atoms with van der Waals surface area (Å²) >= 11 is 0. The van der Waals surface area contributed by atoms with Gasteiger partial charge in [0.05, 0.1) is 34.4 Å². The van der Waals surface area contributed by atoms with Crippen molar-refractivity contribution in [3.63, 3.8) is 0 Å². The van der Waals surface area contributed by atoms with Crippen LogP contribution in [-0.2, 0) is 27.9 Å². The number of carbonyl (C=O) groups excluding carboxylic acids is 1. The number of quaternary nitrogens is 1. The lowest BCUT2D eigenvalue weighted by atomic mass is 10.1. The number of hydrogen-bond acceptors (Lipinski definition) is 6. The first-order valence-electron chi connectivity index (χ1n) is 22.9. The molecule has 0 aromatic rings. The third kappa shape index (κ3) is 43.6. The van der Waals surface area contributed by atoms with Crippen molar-refractivity contribution < 1.29 is 37.3 Å².